The maximum absolute atomic E-state index is 14.4. The summed E-state index contributed by atoms with van der Waals surface area (Å²) < 4.78 is 6.06. The number of phenolic OH excluding ortho intramolecular Hbond substituents is 1. The Labute approximate surface area is 363 Å². The number of aromatic hydroxyl groups is 1. The molecule has 15 nitrogen and oxygen atoms in total. The average Bonchev–Trinajstić information content (AvgIpc) is 3.53. The van der Waals surface area contributed by atoms with Crippen LogP contribution in [0.4, 0.5) is 0 Å². The highest BCUT2D eigenvalue weighted by Crippen LogP contribution is 2.24. The van der Waals surface area contributed by atoms with Gasteiger partial charge in [-0.05, 0) is 74.4 Å². The second-order valence-electron chi connectivity index (χ2n) is 16.2. The lowest BCUT2D eigenvalue weighted by Crippen LogP contribution is -2.62. The first-order valence-corrected chi connectivity index (χ1v) is 21.1. The van der Waals surface area contributed by atoms with Gasteiger partial charge in [-0.25, -0.2) is 5.43 Å². The molecule has 4 rings (SSSR count). The Morgan fingerprint density at radius 2 is 1.69 bits per heavy atom. The maximum atomic E-state index is 14.4. The van der Waals surface area contributed by atoms with Gasteiger partial charge in [-0.1, -0.05) is 81.5 Å². The van der Waals surface area contributed by atoms with Gasteiger partial charge in [0.05, 0.1) is 18.1 Å². The summed E-state index contributed by atoms with van der Waals surface area (Å²) in [4.78, 5) is 82.5. The van der Waals surface area contributed by atoms with E-state index in [1.165, 1.54) is 41.1 Å². The van der Waals surface area contributed by atoms with E-state index in [-0.39, 0.29) is 49.7 Å². The summed E-state index contributed by atoms with van der Waals surface area (Å²) in [5.74, 6) is -5.71. The smallest absolute Gasteiger partial charge is 0.325 e. The Kier molecular flexibility index (Phi) is 18.8. The van der Waals surface area contributed by atoms with Crippen LogP contribution in [-0.2, 0) is 39.9 Å². The van der Waals surface area contributed by atoms with Gasteiger partial charge in [0.25, 0.3) is 11.8 Å². The number of cyclic esters (lactones) is 1. The number of hydrogen-bond donors (Lipinski definition) is 6. The molecule has 3 aliphatic heterocycles. The SMILES string of the molecule is CC(=O)CC[C@H]1C(=O)N[C@@H](C(C)C)C(=O)N[C@@H](Cc2cccc(O)c2)C(=O)N2CCCC(N2)C(=O)O[C@H](/C(C)=C/C=C/C(=O)N2C=CC=CC=C2)C/C=C/C=C/[C@H](O)[C@H](C)[C@H]1O. The van der Waals surface area contributed by atoms with E-state index in [1.54, 1.807) is 107 Å². The number of carbonyl (C=O) groups is 6. The monoisotopic (exact) mass is 855 g/mol. The number of nitrogens with zero attached hydrogens (tertiary/aromatic N) is 2. The largest absolute Gasteiger partial charge is 0.508 e. The summed E-state index contributed by atoms with van der Waals surface area (Å²) in [6.07, 6.45) is 18.7. The van der Waals surface area contributed by atoms with Gasteiger partial charge in [-0.15, -0.1) is 0 Å². The van der Waals surface area contributed by atoms with Crippen LogP contribution in [0.25, 0.3) is 0 Å². The number of phenols is 1. The number of Topliss-reactive ketones (excluding diaryl/α,β-unsaturated/α-hetero) is 1. The van der Waals surface area contributed by atoms with Crippen LogP contribution in [0, 0.1) is 17.8 Å². The van der Waals surface area contributed by atoms with Crippen LogP contribution in [0.3, 0.4) is 0 Å². The Balaban J connectivity index is 1.71. The molecule has 1 unspecified atom stereocenters. The first kappa shape index (κ1) is 48.8. The average molecular weight is 856 g/mol. The normalized spacial score (nSPS) is 28.4. The third-order valence-electron chi connectivity index (χ3n) is 10.9. The fraction of sp³-hybridized carbons (Fsp3) is 0.447. The quantitative estimate of drug-likeness (QED) is 0.120. The fourth-order valence-electron chi connectivity index (χ4n) is 7.13. The number of allylic oxidation sites excluding steroid dienone is 8. The highest BCUT2D eigenvalue weighted by molar-refractivity contribution is 5.93. The molecule has 1 fully saturated rings. The van der Waals surface area contributed by atoms with Crippen molar-refractivity contribution in [1.82, 2.24) is 26.0 Å². The number of rotatable bonds is 9. The molecule has 6 N–H and O–H groups in total. The summed E-state index contributed by atoms with van der Waals surface area (Å²) in [6, 6.07) is 2.89. The van der Waals surface area contributed by atoms with E-state index in [1.807, 2.05) is 0 Å². The van der Waals surface area contributed by atoms with Crippen molar-refractivity contribution >= 4 is 35.4 Å². The third kappa shape index (κ3) is 14.6. The van der Waals surface area contributed by atoms with Crippen molar-refractivity contribution in [3.05, 3.63) is 115 Å². The van der Waals surface area contributed by atoms with Crippen molar-refractivity contribution in [3.63, 3.8) is 0 Å². The van der Waals surface area contributed by atoms with E-state index in [9.17, 15) is 44.1 Å². The van der Waals surface area contributed by atoms with Gasteiger partial charge < -0.3 is 35.5 Å². The summed E-state index contributed by atoms with van der Waals surface area (Å²) in [5.41, 5.74) is 4.14. The molecule has 334 valence electrons. The number of carbonyl (C=O) groups excluding carboxylic acids is 6. The number of fused-ring (bicyclic) bond motifs is 2. The highest BCUT2D eigenvalue weighted by Gasteiger charge is 2.38. The molecule has 62 heavy (non-hydrogen) atoms. The highest BCUT2D eigenvalue weighted by atomic mass is 16.5. The molecule has 0 aromatic heterocycles. The molecule has 0 aliphatic carbocycles. The number of ketones is 1. The van der Waals surface area contributed by atoms with Crippen molar-refractivity contribution in [2.45, 2.75) is 110 Å². The number of hydrazine groups is 1. The number of esters is 1. The predicted molar refractivity (Wildman–Crippen MR) is 233 cm³/mol. The first-order chi connectivity index (χ1) is 29.5. The van der Waals surface area contributed by atoms with Crippen molar-refractivity contribution in [2.24, 2.45) is 17.8 Å². The zero-order chi connectivity index (χ0) is 45.3. The van der Waals surface area contributed by atoms with Crippen molar-refractivity contribution < 1.29 is 48.8 Å². The van der Waals surface area contributed by atoms with Crippen LogP contribution in [0.1, 0.15) is 72.3 Å². The number of aliphatic hydroxyl groups is 2. The zero-order valence-corrected chi connectivity index (χ0v) is 36.1. The minimum Gasteiger partial charge on any atom is -0.508 e. The second kappa shape index (κ2) is 23.9. The summed E-state index contributed by atoms with van der Waals surface area (Å²) in [6.45, 7) is 8.31. The number of aliphatic hydroxyl groups excluding tert-OH is 2. The Morgan fingerprint density at radius 3 is 2.37 bits per heavy atom. The molecule has 8 atom stereocenters. The van der Waals surface area contributed by atoms with Crippen LogP contribution >= 0.6 is 0 Å². The first-order valence-electron chi connectivity index (χ1n) is 21.1. The molecule has 1 saturated heterocycles. The lowest BCUT2D eigenvalue weighted by atomic mass is 9.84. The fourth-order valence-corrected chi connectivity index (χ4v) is 7.13. The zero-order valence-electron chi connectivity index (χ0n) is 36.1. The molecule has 1 aromatic rings. The summed E-state index contributed by atoms with van der Waals surface area (Å²) >= 11 is 0. The molecule has 3 heterocycles. The maximum Gasteiger partial charge on any atom is 0.325 e. The minimum atomic E-state index is -1.43. The predicted octanol–water partition coefficient (Wildman–Crippen LogP) is 3.76. The van der Waals surface area contributed by atoms with Gasteiger partial charge in [-0.3, -0.25) is 33.9 Å². The van der Waals surface area contributed by atoms with E-state index in [4.69, 9.17) is 4.74 Å². The topological polar surface area (TPSA) is 215 Å². The van der Waals surface area contributed by atoms with Crippen LogP contribution in [-0.4, -0.2) is 104 Å². The molecule has 0 saturated carbocycles. The molecule has 4 amide bonds. The molecule has 0 radical (unpaired) electrons. The van der Waals surface area contributed by atoms with Gasteiger partial charge in [0, 0.05) is 50.2 Å². The third-order valence-corrected chi connectivity index (χ3v) is 10.9. The van der Waals surface area contributed by atoms with Gasteiger partial charge in [-0.2, -0.15) is 0 Å². The van der Waals surface area contributed by atoms with E-state index in [2.05, 4.69) is 16.1 Å². The molecule has 1 aromatic carbocycles. The number of ether oxygens (including phenoxy) is 1. The lowest BCUT2D eigenvalue weighted by molar-refractivity contribution is -0.156. The van der Waals surface area contributed by atoms with E-state index < -0.39 is 77.9 Å². The molecule has 0 spiro atoms. The number of nitrogens with one attached hydrogen (secondary N) is 3. The van der Waals surface area contributed by atoms with E-state index in [0.29, 0.717) is 24.0 Å². The minimum absolute atomic E-state index is 0.0318. The van der Waals surface area contributed by atoms with Gasteiger partial charge in [0.15, 0.2) is 0 Å². The number of amides is 4. The molecule has 2 bridgehead atoms. The standard InChI is InChI=1S/C47H61N5O10/c1-30(2)42-45(59)48-38(29-34-17-14-18-35(54)28-34)46(60)52-27-15-19-37(50-52)47(61)62-40(31(3)16-13-22-41(56)51-25-11-6-7-12-26-51)21-10-8-9-20-39(55)33(5)43(57)36(44(58)49-42)24-23-32(4)53/h6-14,16-18,20,22,25-26,28,30,33,36-40,42-43,50,54-55,57H,15,19,21,23-24,27,29H2,1-5H3,(H,48,59)(H,49,58)/b10-8+,20-9+,22-13+,31-16+/t33-,36+,37?,38-,39-,40-,42-,43+/m0/s1. The number of benzene rings is 1. The summed E-state index contributed by atoms with van der Waals surface area (Å²) in [5, 5.41) is 39.6. The van der Waals surface area contributed by atoms with E-state index >= 15 is 0 Å². The molecular formula is C47H61N5O10. The molecule has 15 heteroatoms. The van der Waals surface area contributed by atoms with Crippen LogP contribution < -0.4 is 16.1 Å². The lowest BCUT2D eigenvalue weighted by Gasteiger charge is -2.36. The number of hydrogen-bond acceptors (Lipinski definition) is 11. The van der Waals surface area contributed by atoms with Gasteiger partial charge in [0.2, 0.25) is 11.8 Å². The van der Waals surface area contributed by atoms with Crippen LogP contribution in [0.5, 0.6) is 5.75 Å². The van der Waals surface area contributed by atoms with Crippen LogP contribution in [0.15, 0.2) is 109 Å². The Hall–Kier alpha value is -5.90. The molecule has 3 aliphatic rings. The second-order valence-corrected chi connectivity index (χ2v) is 16.2. The van der Waals surface area contributed by atoms with Crippen molar-refractivity contribution in [1.29, 1.82) is 0 Å². The van der Waals surface area contributed by atoms with Gasteiger partial charge in [0.1, 0.15) is 35.8 Å². The van der Waals surface area contributed by atoms with Gasteiger partial charge >= 0.3 is 5.97 Å². The molecular weight excluding hydrogens is 795 g/mol. The van der Waals surface area contributed by atoms with E-state index in [0.717, 1.165) is 0 Å². The Morgan fingerprint density at radius 1 is 0.968 bits per heavy atom. The van der Waals surface area contributed by atoms with Crippen molar-refractivity contribution in [3.8, 4) is 5.75 Å². The Bertz CT molecular complexity index is 1970. The van der Waals surface area contributed by atoms with Crippen molar-refractivity contribution in [2.75, 3.05) is 6.54 Å². The van der Waals surface area contributed by atoms with Crippen LogP contribution in [0.2, 0.25) is 0 Å². The summed E-state index contributed by atoms with van der Waals surface area (Å²) in [7, 11) is 0.